The van der Waals surface area contributed by atoms with Crippen molar-refractivity contribution in [2.75, 3.05) is 32.5 Å². The zero-order valence-corrected chi connectivity index (χ0v) is 22.4. The SMILES string of the molecule is COc1ccc2ncc(Cl)c(CCCC3(C(=O)NO)CCN(CCCSc4cccs4)CC3)c2c1. The minimum absolute atomic E-state index is 0.266. The van der Waals surface area contributed by atoms with Gasteiger partial charge in [0.05, 0.1) is 27.3 Å². The van der Waals surface area contributed by atoms with Gasteiger partial charge in [-0.2, -0.15) is 0 Å². The average molecular weight is 534 g/mol. The van der Waals surface area contributed by atoms with Gasteiger partial charge in [0.15, 0.2) is 0 Å². The number of likely N-dealkylation sites (tertiary alicyclic amines) is 1. The molecule has 1 saturated heterocycles. The van der Waals surface area contributed by atoms with E-state index >= 15 is 0 Å². The number of nitrogens with zero attached hydrogens (tertiary/aromatic N) is 2. The minimum Gasteiger partial charge on any atom is -0.497 e. The van der Waals surface area contributed by atoms with E-state index in [1.165, 1.54) is 4.21 Å². The van der Waals surface area contributed by atoms with E-state index in [0.717, 1.165) is 79.7 Å². The van der Waals surface area contributed by atoms with Crippen LogP contribution in [0.4, 0.5) is 0 Å². The molecule has 0 atom stereocenters. The van der Waals surface area contributed by atoms with Crippen LogP contribution in [-0.4, -0.2) is 53.5 Å². The Kier molecular flexibility index (Phi) is 9.30. The predicted octanol–water partition coefficient (Wildman–Crippen LogP) is 6.05. The molecule has 6 nitrogen and oxygen atoms in total. The van der Waals surface area contributed by atoms with Crippen LogP contribution < -0.4 is 10.2 Å². The second-order valence-corrected chi connectivity index (χ2v) is 11.8. The summed E-state index contributed by atoms with van der Waals surface area (Å²) in [6.07, 6.45) is 6.53. The van der Waals surface area contributed by atoms with Gasteiger partial charge in [0, 0.05) is 17.3 Å². The first kappa shape index (κ1) is 26.2. The number of methoxy groups -OCH3 is 1. The number of aryl methyl sites for hydroxylation is 1. The van der Waals surface area contributed by atoms with Gasteiger partial charge in [-0.05, 0) is 93.4 Å². The third-order valence-electron chi connectivity index (χ3n) is 6.97. The van der Waals surface area contributed by atoms with Gasteiger partial charge in [-0.1, -0.05) is 17.7 Å². The molecule has 0 saturated carbocycles. The average Bonchev–Trinajstić information content (AvgIpc) is 3.41. The number of amides is 1. The van der Waals surface area contributed by atoms with E-state index in [-0.39, 0.29) is 5.91 Å². The number of halogens is 1. The zero-order valence-electron chi connectivity index (χ0n) is 20.0. The number of hydroxylamine groups is 1. The van der Waals surface area contributed by atoms with E-state index in [0.29, 0.717) is 11.4 Å². The number of hydrogen-bond acceptors (Lipinski definition) is 7. The van der Waals surface area contributed by atoms with Gasteiger partial charge in [-0.3, -0.25) is 15.0 Å². The van der Waals surface area contributed by atoms with Crippen LogP contribution in [0.15, 0.2) is 46.1 Å². The predicted molar refractivity (Wildman–Crippen MR) is 144 cm³/mol. The number of hydrogen-bond donors (Lipinski definition) is 2. The standard InChI is InChI=1S/C26H32ClN3O3S2/c1-33-19-7-8-23-21(17-19)20(22(27)18-28-23)5-2-9-26(25(31)29-32)10-13-30(14-11-26)12-4-16-35-24-6-3-15-34-24/h3,6-8,15,17-18,32H,2,4-5,9-14,16H2,1H3,(H,29,31). The molecule has 2 N–H and O–H groups in total. The molecule has 1 aromatic carbocycles. The van der Waals surface area contributed by atoms with Gasteiger partial charge < -0.3 is 9.64 Å². The topological polar surface area (TPSA) is 74.7 Å². The maximum absolute atomic E-state index is 12.8. The number of pyridine rings is 1. The fourth-order valence-electron chi connectivity index (χ4n) is 4.91. The Balaban J connectivity index is 1.33. The van der Waals surface area contributed by atoms with Crippen molar-refractivity contribution >= 4 is 51.5 Å². The highest BCUT2D eigenvalue weighted by molar-refractivity contribution is 8.01. The van der Waals surface area contributed by atoms with Gasteiger partial charge in [0.1, 0.15) is 5.75 Å². The van der Waals surface area contributed by atoms with Crippen molar-refractivity contribution in [3.05, 3.63) is 52.5 Å². The van der Waals surface area contributed by atoms with E-state index in [1.54, 1.807) is 24.6 Å². The lowest BCUT2D eigenvalue weighted by Gasteiger charge is -2.40. The summed E-state index contributed by atoms with van der Waals surface area (Å²) in [6, 6.07) is 10.0. The quantitative estimate of drug-likeness (QED) is 0.135. The van der Waals surface area contributed by atoms with Crippen molar-refractivity contribution in [3.63, 3.8) is 0 Å². The number of thiophene rings is 1. The van der Waals surface area contributed by atoms with Crippen LogP contribution in [0, 0.1) is 5.41 Å². The van der Waals surface area contributed by atoms with Crippen LogP contribution in [-0.2, 0) is 11.2 Å². The third-order valence-corrected chi connectivity index (χ3v) is 9.51. The highest BCUT2D eigenvalue weighted by Gasteiger charge is 2.40. The van der Waals surface area contributed by atoms with Crippen LogP contribution in [0.25, 0.3) is 10.9 Å². The molecule has 4 rings (SSSR count). The Morgan fingerprint density at radius 2 is 2.14 bits per heavy atom. The number of nitrogens with one attached hydrogen (secondary N) is 1. The van der Waals surface area contributed by atoms with E-state index in [1.807, 2.05) is 35.4 Å². The molecule has 3 heterocycles. The fourth-order valence-corrected chi connectivity index (χ4v) is 6.94. The first-order chi connectivity index (χ1) is 17.0. The normalized spacial score (nSPS) is 15.9. The van der Waals surface area contributed by atoms with Crippen LogP contribution in [0.2, 0.25) is 5.02 Å². The molecule has 35 heavy (non-hydrogen) atoms. The molecular weight excluding hydrogens is 502 g/mol. The number of carbonyl (C=O) groups is 1. The summed E-state index contributed by atoms with van der Waals surface area (Å²) in [5.41, 5.74) is 3.30. The Labute approximate surface area is 220 Å². The number of piperidine rings is 1. The van der Waals surface area contributed by atoms with Gasteiger partial charge >= 0.3 is 0 Å². The summed E-state index contributed by atoms with van der Waals surface area (Å²) >= 11 is 10.2. The Morgan fingerprint density at radius 1 is 1.31 bits per heavy atom. The van der Waals surface area contributed by atoms with Crippen LogP contribution in [0.1, 0.15) is 37.7 Å². The summed E-state index contributed by atoms with van der Waals surface area (Å²) in [4.78, 5) is 19.6. The summed E-state index contributed by atoms with van der Waals surface area (Å²) in [7, 11) is 1.64. The molecule has 2 aromatic heterocycles. The molecule has 1 aliphatic rings. The molecule has 188 valence electrons. The number of ether oxygens (including phenoxy) is 1. The first-order valence-corrected chi connectivity index (χ1v) is 14.2. The Hall–Kier alpha value is -1.84. The lowest BCUT2D eigenvalue weighted by Crippen LogP contribution is -2.48. The van der Waals surface area contributed by atoms with Crippen molar-refractivity contribution in [1.29, 1.82) is 0 Å². The van der Waals surface area contributed by atoms with E-state index < -0.39 is 5.41 Å². The smallest absolute Gasteiger partial charge is 0.249 e. The van der Waals surface area contributed by atoms with Gasteiger partial charge in [-0.15, -0.1) is 23.1 Å². The number of benzene rings is 1. The number of aromatic nitrogens is 1. The van der Waals surface area contributed by atoms with Crippen LogP contribution in [0.5, 0.6) is 5.75 Å². The maximum atomic E-state index is 12.8. The molecular formula is C26H32ClN3O3S2. The number of rotatable bonds is 11. The highest BCUT2D eigenvalue weighted by atomic mass is 35.5. The third kappa shape index (κ3) is 6.49. The summed E-state index contributed by atoms with van der Waals surface area (Å²) in [5.74, 6) is 1.60. The minimum atomic E-state index is -0.552. The molecule has 0 aliphatic carbocycles. The summed E-state index contributed by atoms with van der Waals surface area (Å²) < 4.78 is 6.75. The van der Waals surface area contributed by atoms with Crippen molar-refractivity contribution < 1.29 is 14.7 Å². The molecule has 1 aliphatic heterocycles. The second-order valence-electron chi connectivity index (χ2n) is 9.02. The molecule has 0 spiro atoms. The highest BCUT2D eigenvalue weighted by Crippen LogP contribution is 2.38. The lowest BCUT2D eigenvalue weighted by molar-refractivity contribution is -0.143. The van der Waals surface area contributed by atoms with Gasteiger partial charge in [0.2, 0.25) is 5.91 Å². The van der Waals surface area contributed by atoms with E-state index in [4.69, 9.17) is 16.3 Å². The molecule has 9 heteroatoms. The van der Waals surface area contributed by atoms with Gasteiger partial charge in [-0.25, -0.2) is 5.48 Å². The fraction of sp³-hybridized carbons (Fsp3) is 0.462. The van der Waals surface area contributed by atoms with E-state index in [2.05, 4.69) is 27.4 Å². The van der Waals surface area contributed by atoms with Crippen LogP contribution in [0.3, 0.4) is 0 Å². The molecule has 1 fully saturated rings. The largest absolute Gasteiger partial charge is 0.497 e. The lowest BCUT2D eigenvalue weighted by atomic mass is 9.73. The Morgan fingerprint density at radius 3 is 2.86 bits per heavy atom. The van der Waals surface area contributed by atoms with Crippen molar-refractivity contribution in [1.82, 2.24) is 15.4 Å². The van der Waals surface area contributed by atoms with E-state index in [9.17, 15) is 10.0 Å². The molecule has 0 radical (unpaired) electrons. The second kappa shape index (κ2) is 12.4. The van der Waals surface area contributed by atoms with Crippen molar-refractivity contribution in [3.8, 4) is 5.75 Å². The Bertz CT molecular complexity index is 1120. The number of carbonyl (C=O) groups excluding carboxylic acids is 1. The maximum Gasteiger partial charge on any atom is 0.249 e. The first-order valence-electron chi connectivity index (χ1n) is 12.0. The monoisotopic (exact) mass is 533 g/mol. The summed E-state index contributed by atoms with van der Waals surface area (Å²) in [6.45, 7) is 2.77. The van der Waals surface area contributed by atoms with Crippen molar-refractivity contribution in [2.24, 2.45) is 5.41 Å². The summed E-state index contributed by atoms with van der Waals surface area (Å²) in [5, 5.41) is 13.2. The molecule has 0 bridgehead atoms. The van der Waals surface area contributed by atoms with Gasteiger partial charge in [0.25, 0.3) is 0 Å². The number of thioether (sulfide) groups is 1. The zero-order chi connectivity index (χ0) is 24.7. The molecule has 3 aromatic rings. The van der Waals surface area contributed by atoms with Crippen LogP contribution >= 0.6 is 34.7 Å². The number of fused-ring (bicyclic) bond motifs is 1. The molecule has 1 amide bonds. The van der Waals surface area contributed by atoms with Crippen molar-refractivity contribution in [2.45, 2.75) is 42.7 Å². The molecule has 0 unspecified atom stereocenters.